The SMILES string of the molecule is COc1ccc(C(OC[C@H]2O[C@@H](n3cc(N4C(=O)/C(=C/c5c(F)cc(OCOC(=O)C(C)(C)C)cc5F)N=C4C)c(=O)[nH]c3=O)C[C@@H]2OP(OCCC#N)N(C(C)C)C(C)C)(c2ccccc2)c2ccc(OC)cc2)cc1. The first-order chi connectivity index (χ1) is 36.7. The van der Waals surface area contributed by atoms with Crippen molar-refractivity contribution in [2.75, 3.05) is 39.1 Å². The summed E-state index contributed by atoms with van der Waals surface area (Å²) < 4.78 is 83.0. The van der Waals surface area contributed by atoms with Gasteiger partial charge in [0.2, 0.25) is 6.79 Å². The van der Waals surface area contributed by atoms with Crippen LogP contribution in [0.4, 0.5) is 14.5 Å². The molecule has 4 atom stereocenters. The zero-order valence-corrected chi connectivity index (χ0v) is 45.5. The first-order valence-corrected chi connectivity index (χ1v) is 26.0. The van der Waals surface area contributed by atoms with Crippen LogP contribution >= 0.6 is 8.53 Å². The average Bonchev–Trinajstić information content (AvgIpc) is 3.96. The van der Waals surface area contributed by atoms with Crippen LogP contribution < -0.4 is 30.4 Å². The minimum atomic E-state index is -1.88. The number of esters is 1. The third kappa shape index (κ3) is 13.0. The van der Waals surface area contributed by atoms with Crippen molar-refractivity contribution in [2.45, 2.75) is 104 Å². The number of nitrogens with zero attached hydrogens (tertiary/aromatic N) is 5. The molecule has 1 N–H and O–H groups in total. The standard InChI is InChI=1S/C56H63F2N6O12P/c1-34(2)64(35(3)4)77(74-26-14-25-59)76-48-30-50(75-49(48)32-73-56(37-15-12-11-13-16-37,38-17-21-40(69-9)22-18-38)39-19-23-41(70-10)24-20-39)62-31-47(51(65)61-54(62)68)63-36(5)60-46(52(63)66)29-43-44(57)27-42(28-45(43)58)71-33-72-53(67)55(6,7)8/h11-13,15-24,27-29,31,34-35,48-50H,14,26,30,32-33H2,1-10H3,(H,61,65,68)/b46-29-/t48-,49+,50+,77?/m0/s1. The number of H-pyrrole nitrogens is 1. The zero-order valence-electron chi connectivity index (χ0n) is 44.6. The largest absolute Gasteiger partial charge is 0.497 e. The van der Waals surface area contributed by atoms with Gasteiger partial charge in [-0.1, -0.05) is 54.6 Å². The molecule has 1 fully saturated rings. The molecule has 1 amide bonds. The Labute approximate surface area is 446 Å². The summed E-state index contributed by atoms with van der Waals surface area (Å²) in [7, 11) is 1.28. The lowest BCUT2D eigenvalue weighted by molar-refractivity contribution is -0.159. The summed E-state index contributed by atoms with van der Waals surface area (Å²) in [6, 6.07) is 28.3. The number of nitrogens with one attached hydrogen (secondary N) is 1. The van der Waals surface area contributed by atoms with Crippen molar-refractivity contribution in [3.8, 4) is 23.3 Å². The number of aliphatic imine (C=N–C) groups is 1. The molecule has 0 aliphatic carbocycles. The summed E-state index contributed by atoms with van der Waals surface area (Å²) >= 11 is 0. The minimum absolute atomic E-state index is 0.00322. The fourth-order valence-electron chi connectivity index (χ4n) is 8.87. The van der Waals surface area contributed by atoms with Crippen molar-refractivity contribution in [3.05, 3.63) is 158 Å². The minimum Gasteiger partial charge on any atom is -0.497 e. The van der Waals surface area contributed by atoms with Gasteiger partial charge >= 0.3 is 11.7 Å². The predicted octanol–water partition coefficient (Wildman–Crippen LogP) is 9.52. The second kappa shape index (κ2) is 24.9. The molecule has 0 radical (unpaired) electrons. The van der Waals surface area contributed by atoms with Gasteiger partial charge in [0.1, 0.15) is 64.0 Å². The van der Waals surface area contributed by atoms with E-state index in [0.717, 1.165) is 50.6 Å². The van der Waals surface area contributed by atoms with E-state index in [1.807, 2.05) is 107 Å². The van der Waals surface area contributed by atoms with Gasteiger partial charge in [-0.3, -0.25) is 28.8 Å². The normalized spacial score (nSPS) is 17.8. The van der Waals surface area contributed by atoms with Gasteiger partial charge < -0.3 is 37.5 Å². The molecule has 1 saturated heterocycles. The van der Waals surface area contributed by atoms with Gasteiger partial charge in [-0.2, -0.15) is 5.26 Å². The number of aromatic amines is 1. The van der Waals surface area contributed by atoms with Crippen LogP contribution in [0.2, 0.25) is 0 Å². The van der Waals surface area contributed by atoms with Gasteiger partial charge in [-0.15, -0.1) is 0 Å². The molecule has 408 valence electrons. The molecule has 5 aromatic rings. The van der Waals surface area contributed by atoms with E-state index >= 15 is 8.78 Å². The molecular formula is C56H63F2N6O12P. The van der Waals surface area contributed by atoms with E-state index in [4.69, 9.17) is 37.5 Å². The smallest absolute Gasteiger partial charge is 0.330 e. The van der Waals surface area contributed by atoms with E-state index in [2.05, 4.69) is 20.7 Å². The highest BCUT2D eigenvalue weighted by Gasteiger charge is 2.46. The summed E-state index contributed by atoms with van der Waals surface area (Å²) in [5, 5.41) is 9.49. The first kappa shape index (κ1) is 57.6. The van der Waals surface area contributed by atoms with Crippen molar-refractivity contribution in [1.82, 2.24) is 14.2 Å². The molecule has 18 nitrogen and oxygen atoms in total. The molecule has 4 aromatic carbocycles. The molecule has 1 aromatic heterocycles. The number of amides is 1. The number of amidine groups is 1. The Morgan fingerprint density at radius 2 is 1.49 bits per heavy atom. The lowest BCUT2D eigenvalue weighted by Gasteiger charge is -2.39. The van der Waals surface area contributed by atoms with Crippen LogP contribution in [0.3, 0.4) is 0 Å². The molecule has 2 aliphatic rings. The van der Waals surface area contributed by atoms with Crippen molar-refractivity contribution < 1.29 is 55.8 Å². The number of benzene rings is 4. The summed E-state index contributed by atoms with van der Waals surface area (Å²) in [5.74, 6) is -2.83. The van der Waals surface area contributed by atoms with Crippen LogP contribution in [0, 0.1) is 28.4 Å². The highest BCUT2D eigenvalue weighted by Crippen LogP contribution is 2.51. The Morgan fingerprint density at radius 1 is 0.909 bits per heavy atom. The van der Waals surface area contributed by atoms with E-state index < -0.39 is 90.8 Å². The molecular weight excluding hydrogens is 1020 g/mol. The highest BCUT2D eigenvalue weighted by atomic mass is 31.2. The predicted molar refractivity (Wildman–Crippen MR) is 284 cm³/mol. The summed E-state index contributed by atoms with van der Waals surface area (Å²) in [5.41, 5.74) is -3.13. The first-order valence-electron chi connectivity index (χ1n) is 24.9. The fourth-order valence-corrected chi connectivity index (χ4v) is 10.6. The average molecular weight is 1080 g/mol. The Kier molecular flexibility index (Phi) is 18.6. The number of aromatic nitrogens is 2. The molecule has 0 bridgehead atoms. The molecule has 3 heterocycles. The molecule has 0 spiro atoms. The molecule has 21 heteroatoms. The van der Waals surface area contributed by atoms with E-state index in [1.54, 1.807) is 35.0 Å². The number of carbonyl (C=O) groups excluding carboxylic acids is 2. The van der Waals surface area contributed by atoms with Gasteiger partial charge in [0.05, 0.1) is 51.4 Å². The number of ether oxygens (including phenoxy) is 6. The maximum Gasteiger partial charge on any atom is 0.330 e. The Bertz CT molecular complexity index is 3040. The van der Waals surface area contributed by atoms with Crippen molar-refractivity contribution in [1.29, 1.82) is 5.26 Å². The zero-order chi connectivity index (χ0) is 55.8. The molecule has 0 saturated carbocycles. The van der Waals surface area contributed by atoms with Crippen molar-refractivity contribution >= 4 is 38.0 Å². The van der Waals surface area contributed by atoms with Crippen LogP contribution in [-0.2, 0) is 38.4 Å². The monoisotopic (exact) mass is 1080 g/mol. The fraction of sp³-hybridized carbons (Fsp3) is 0.393. The van der Waals surface area contributed by atoms with Crippen LogP contribution in [0.1, 0.15) is 96.7 Å². The number of nitriles is 1. The van der Waals surface area contributed by atoms with Gasteiger partial charge in [0.25, 0.3) is 20.0 Å². The van der Waals surface area contributed by atoms with Gasteiger partial charge in [0.15, 0.2) is 0 Å². The Balaban J connectivity index is 1.25. The molecule has 1 unspecified atom stereocenters. The van der Waals surface area contributed by atoms with Crippen LogP contribution in [0.25, 0.3) is 6.08 Å². The Morgan fingerprint density at radius 3 is 2.04 bits per heavy atom. The topological polar surface area (TPSA) is 205 Å². The summed E-state index contributed by atoms with van der Waals surface area (Å²) in [4.78, 5) is 61.5. The number of anilines is 1. The number of carbonyl (C=O) groups is 2. The van der Waals surface area contributed by atoms with Crippen LogP contribution in [0.15, 0.2) is 117 Å². The van der Waals surface area contributed by atoms with Crippen LogP contribution in [-0.4, -0.2) is 90.5 Å². The number of methoxy groups -OCH3 is 2. The summed E-state index contributed by atoms with van der Waals surface area (Å²) in [6.45, 7) is 13.6. The van der Waals surface area contributed by atoms with E-state index in [9.17, 15) is 24.4 Å². The summed E-state index contributed by atoms with van der Waals surface area (Å²) in [6.07, 6.45) is -0.816. The molecule has 77 heavy (non-hydrogen) atoms. The number of rotatable bonds is 22. The van der Waals surface area contributed by atoms with E-state index in [1.165, 1.54) is 6.92 Å². The van der Waals surface area contributed by atoms with E-state index in [-0.39, 0.29) is 55.4 Å². The third-order valence-corrected chi connectivity index (χ3v) is 14.8. The number of halogens is 2. The van der Waals surface area contributed by atoms with Gasteiger partial charge in [-0.25, -0.2) is 23.2 Å². The lowest BCUT2D eigenvalue weighted by atomic mass is 9.80. The molecule has 2 aliphatic heterocycles. The second-order valence-electron chi connectivity index (χ2n) is 19.6. The number of hydrogen-bond acceptors (Lipinski definition) is 15. The maximum atomic E-state index is 15.5. The Hall–Kier alpha value is -7.11. The molecule has 7 rings (SSSR count). The van der Waals surface area contributed by atoms with Crippen LogP contribution in [0.5, 0.6) is 17.2 Å². The van der Waals surface area contributed by atoms with Crippen molar-refractivity contribution in [2.24, 2.45) is 10.4 Å². The maximum absolute atomic E-state index is 15.5. The number of hydrogen-bond donors (Lipinski definition) is 1. The van der Waals surface area contributed by atoms with E-state index in [0.29, 0.717) is 11.5 Å². The lowest BCUT2D eigenvalue weighted by Crippen LogP contribution is -2.40. The highest BCUT2D eigenvalue weighted by molar-refractivity contribution is 7.44. The van der Waals surface area contributed by atoms with Gasteiger partial charge in [0, 0.05) is 42.4 Å². The third-order valence-electron chi connectivity index (χ3n) is 12.6. The van der Waals surface area contributed by atoms with Gasteiger partial charge in [-0.05, 0) is 102 Å². The van der Waals surface area contributed by atoms with Crippen molar-refractivity contribution in [3.63, 3.8) is 0 Å². The quantitative estimate of drug-likeness (QED) is 0.0171. The second-order valence-corrected chi connectivity index (χ2v) is 21.0.